The van der Waals surface area contributed by atoms with Crippen molar-refractivity contribution < 1.29 is 4.79 Å². The number of nitrogens with one attached hydrogen (secondary N) is 1. The van der Waals surface area contributed by atoms with Crippen molar-refractivity contribution in [1.29, 1.82) is 0 Å². The number of imidazole rings is 1. The first-order chi connectivity index (χ1) is 10.6. The van der Waals surface area contributed by atoms with Crippen molar-refractivity contribution in [2.24, 2.45) is 0 Å². The molecule has 2 aromatic rings. The van der Waals surface area contributed by atoms with Crippen LogP contribution in [-0.4, -0.2) is 15.5 Å². The number of benzene rings is 1. The highest BCUT2D eigenvalue weighted by atomic mass is 35.5. The van der Waals surface area contributed by atoms with E-state index in [0.717, 1.165) is 37.2 Å². The molecule has 3 rings (SSSR count). The van der Waals surface area contributed by atoms with Crippen molar-refractivity contribution in [1.82, 2.24) is 14.9 Å². The number of hydrogen-bond donors (Lipinski definition) is 1. The van der Waals surface area contributed by atoms with Crippen LogP contribution in [0.4, 0.5) is 0 Å². The average Bonchev–Trinajstić information content (AvgIpc) is 3.15. The third-order valence-corrected chi connectivity index (χ3v) is 4.47. The summed E-state index contributed by atoms with van der Waals surface area (Å²) in [5, 5.41) is 3.90. The lowest BCUT2D eigenvalue weighted by atomic mass is 10.0. The van der Waals surface area contributed by atoms with Gasteiger partial charge in [0.1, 0.15) is 5.82 Å². The summed E-state index contributed by atoms with van der Waals surface area (Å²) in [6.07, 6.45) is 7.04. The highest BCUT2D eigenvalue weighted by molar-refractivity contribution is 6.30. The van der Waals surface area contributed by atoms with Gasteiger partial charge in [-0.05, 0) is 43.9 Å². The molecule has 1 amide bonds. The fourth-order valence-corrected chi connectivity index (χ4v) is 2.97. The predicted molar refractivity (Wildman–Crippen MR) is 86.7 cm³/mol. The fraction of sp³-hybridized carbons (Fsp3) is 0.412. The Morgan fingerprint density at radius 3 is 2.91 bits per heavy atom. The summed E-state index contributed by atoms with van der Waals surface area (Å²) in [7, 11) is 0. The van der Waals surface area contributed by atoms with Crippen LogP contribution >= 0.6 is 11.6 Å². The maximum atomic E-state index is 12.2. The number of rotatable bonds is 6. The molecule has 0 atom stereocenters. The van der Waals surface area contributed by atoms with Gasteiger partial charge in [0.25, 0.3) is 0 Å². The molecule has 1 aliphatic rings. The third-order valence-electron chi connectivity index (χ3n) is 4.23. The SMILES string of the molecule is Cc1nccn1CCCC(=O)NC1(c2cccc(Cl)c2)CC1. The molecule has 5 heteroatoms. The van der Waals surface area contributed by atoms with Gasteiger partial charge in [-0.3, -0.25) is 4.79 Å². The van der Waals surface area contributed by atoms with Gasteiger partial charge in [0, 0.05) is 30.4 Å². The second-order valence-corrected chi connectivity index (χ2v) is 6.35. The predicted octanol–water partition coefficient (Wildman–Crippen LogP) is 3.43. The van der Waals surface area contributed by atoms with Crippen molar-refractivity contribution >= 4 is 17.5 Å². The Kier molecular flexibility index (Phi) is 4.21. The molecule has 1 fully saturated rings. The zero-order chi connectivity index (χ0) is 15.6. The van der Waals surface area contributed by atoms with Crippen LogP contribution in [0.1, 0.15) is 37.1 Å². The summed E-state index contributed by atoms with van der Waals surface area (Å²) in [6, 6.07) is 7.78. The van der Waals surface area contributed by atoms with Gasteiger partial charge in [-0.15, -0.1) is 0 Å². The van der Waals surface area contributed by atoms with E-state index in [-0.39, 0.29) is 11.4 Å². The summed E-state index contributed by atoms with van der Waals surface area (Å²) in [6.45, 7) is 2.79. The van der Waals surface area contributed by atoms with E-state index in [1.165, 1.54) is 0 Å². The average molecular weight is 318 g/mol. The van der Waals surface area contributed by atoms with Crippen LogP contribution in [-0.2, 0) is 16.9 Å². The van der Waals surface area contributed by atoms with Gasteiger partial charge in [0.2, 0.25) is 5.91 Å². The molecule has 0 spiro atoms. The number of aryl methyl sites for hydroxylation is 2. The van der Waals surface area contributed by atoms with Crippen LogP contribution in [0.15, 0.2) is 36.7 Å². The standard InChI is InChI=1S/C17H20ClN3O/c1-13-19-9-11-21(13)10-3-6-16(22)20-17(7-8-17)14-4-2-5-15(18)12-14/h2,4-5,9,11-12H,3,6-8,10H2,1H3,(H,20,22). The Bertz CT molecular complexity index is 676. The molecule has 22 heavy (non-hydrogen) atoms. The highest BCUT2D eigenvalue weighted by Crippen LogP contribution is 2.46. The van der Waals surface area contributed by atoms with E-state index in [0.29, 0.717) is 11.4 Å². The van der Waals surface area contributed by atoms with E-state index in [9.17, 15) is 4.79 Å². The van der Waals surface area contributed by atoms with Gasteiger partial charge in [-0.25, -0.2) is 4.98 Å². The molecule has 1 heterocycles. The van der Waals surface area contributed by atoms with Crippen LogP contribution in [0.5, 0.6) is 0 Å². The van der Waals surface area contributed by atoms with Gasteiger partial charge < -0.3 is 9.88 Å². The van der Waals surface area contributed by atoms with Crippen molar-refractivity contribution in [2.75, 3.05) is 0 Å². The first-order valence-corrected chi connectivity index (χ1v) is 8.02. The van der Waals surface area contributed by atoms with Crippen LogP contribution < -0.4 is 5.32 Å². The maximum Gasteiger partial charge on any atom is 0.220 e. The summed E-state index contributed by atoms with van der Waals surface area (Å²) < 4.78 is 2.07. The second kappa shape index (κ2) is 6.13. The van der Waals surface area contributed by atoms with Gasteiger partial charge in [-0.1, -0.05) is 23.7 Å². The fourth-order valence-electron chi connectivity index (χ4n) is 2.78. The molecule has 0 saturated heterocycles. The van der Waals surface area contributed by atoms with E-state index in [2.05, 4.69) is 14.9 Å². The van der Waals surface area contributed by atoms with Crippen molar-refractivity contribution in [2.45, 2.75) is 44.7 Å². The molecule has 1 aliphatic carbocycles. The molecular weight excluding hydrogens is 298 g/mol. The van der Waals surface area contributed by atoms with Crippen LogP contribution in [0.3, 0.4) is 0 Å². The molecule has 0 aliphatic heterocycles. The Morgan fingerprint density at radius 2 is 2.27 bits per heavy atom. The Morgan fingerprint density at radius 1 is 1.45 bits per heavy atom. The monoisotopic (exact) mass is 317 g/mol. The number of carbonyl (C=O) groups excluding carboxylic acids is 1. The largest absolute Gasteiger partial charge is 0.347 e. The number of amides is 1. The third kappa shape index (κ3) is 3.33. The summed E-state index contributed by atoms with van der Waals surface area (Å²) in [5.41, 5.74) is 0.922. The molecule has 0 radical (unpaired) electrons. The Balaban J connectivity index is 1.52. The lowest BCUT2D eigenvalue weighted by molar-refractivity contribution is -0.122. The van der Waals surface area contributed by atoms with Gasteiger partial charge in [0.15, 0.2) is 0 Å². The molecule has 116 valence electrons. The maximum absolute atomic E-state index is 12.2. The van der Waals surface area contributed by atoms with E-state index in [1.54, 1.807) is 6.20 Å². The van der Waals surface area contributed by atoms with Gasteiger partial charge >= 0.3 is 0 Å². The van der Waals surface area contributed by atoms with Crippen molar-refractivity contribution in [3.05, 3.63) is 53.1 Å². The zero-order valence-electron chi connectivity index (χ0n) is 12.7. The zero-order valence-corrected chi connectivity index (χ0v) is 13.4. The molecule has 0 bridgehead atoms. The Labute approximate surface area is 135 Å². The first kappa shape index (κ1) is 15.1. The Hall–Kier alpha value is -1.81. The molecule has 1 aromatic carbocycles. The van der Waals surface area contributed by atoms with Crippen molar-refractivity contribution in [3.63, 3.8) is 0 Å². The smallest absolute Gasteiger partial charge is 0.220 e. The van der Waals surface area contributed by atoms with Gasteiger partial charge in [-0.2, -0.15) is 0 Å². The number of aromatic nitrogens is 2. The molecule has 1 saturated carbocycles. The van der Waals surface area contributed by atoms with E-state index in [4.69, 9.17) is 11.6 Å². The number of hydrogen-bond acceptors (Lipinski definition) is 2. The lowest BCUT2D eigenvalue weighted by Crippen LogP contribution is -2.34. The minimum absolute atomic E-state index is 0.107. The minimum Gasteiger partial charge on any atom is -0.347 e. The topological polar surface area (TPSA) is 46.9 Å². The van der Waals surface area contributed by atoms with E-state index in [1.807, 2.05) is 37.4 Å². The summed E-state index contributed by atoms with van der Waals surface area (Å²) >= 11 is 6.05. The van der Waals surface area contributed by atoms with E-state index >= 15 is 0 Å². The first-order valence-electron chi connectivity index (χ1n) is 7.64. The second-order valence-electron chi connectivity index (χ2n) is 5.91. The van der Waals surface area contributed by atoms with E-state index < -0.39 is 0 Å². The minimum atomic E-state index is -0.188. The normalized spacial score (nSPS) is 15.5. The molecule has 1 N–H and O–H groups in total. The lowest BCUT2D eigenvalue weighted by Gasteiger charge is -2.18. The molecule has 4 nitrogen and oxygen atoms in total. The van der Waals surface area contributed by atoms with Crippen LogP contribution in [0.25, 0.3) is 0 Å². The molecule has 1 aromatic heterocycles. The summed E-state index contributed by atoms with van der Waals surface area (Å²) in [4.78, 5) is 16.4. The summed E-state index contributed by atoms with van der Waals surface area (Å²) in [5.74, 6) is 1.09. The van der Waals surface area contributed by atoms with Crippen LogP contribution in [0, 0.1) is 6.92 Å². The number of carbonyl (C=O) groups is 1. The van der Waals surface area contributed by atoms with Crippen molar-refractivity contribution in [3.8, 4) is 0 Å². The number of nitrogens with zero attached hydrogens (tertiary/aromatic N) is 2. The van der Waals surface area contributed by atoms with Gasteiger partial charge in [0.05, 0.1) is 5.54 Å². The number of halogens is 1. The highest BCUT2D eigenvalue weighted by Gasteiger charge is 2.45. The quantitative estimate of drug-likeness (QED) is 0.887. The molecule has 0 unspecified atom stereocenters. The molecular formula is C17H20ClN3O. The van der Waals surface area contributed by atoms with Crippen LogP contribution in [0.2, 0.25) is 5.02 Å².